The van der Waals surface area contributed by atoms with Crippen molar-refractivity contribution in [2.24, 2.45) is 0 Å². The topological polar surface area (TPSA) is 57.8 Å². The van der Waals surface area contributed by atoms with Gasteiger partial charge in [-0.25, -0.2) is 4.98 Å². The molecule has 3 rings (SSSR count). The second-order valence-corrected chi connectivity index (χ2v) is 6.15. The van der Waals surface area contributed by atoms with Crippen LogP contribution in [0, 0.1) is 0 Å². The normalized spacial score (nSPS) is 12.6. The molecule has 0 saturated heterocycles. The Bertz CT molecular complexity index is 864. The van der Waals surface area contributed by atoms with E-state index < -0.39 is 0 Å². The lowest BCUT2D eigenvalue weighted by atomic mass is 10.2. The Balaban J connectivity index is 1.71. The number of carbonyl (C=O) groups excluding carboxylic acids is 1. The number of aromatic nitrogens is 2. The maximum atomic E-state index is 12.1. The van der Waals surface area contributed by atoms with Crippen LogP contribution in [-0.2, 0) is 4.79 Å². The van der Waals surface area contributed by atoms with Crippen LogP contribution in [-0.4, -0.2) is 15.9 Å². The average molecular weight is 360 g/mol. The highest BCUT2D eigenvalue weighted by Crippen LogP contribution is 2.25. The van der Waals surface area contributed by atoms with Gasteiger partial charge in [-0.15, -0.1) is 0 Å². The van der Waals surface area contributed by atoms with Gasteiger partial charge in [-0.1, -0.05) is 41.4 Å². The molecule has 1 amide bonds. The summed E-state index contributed by atoms with van der Waals surface area (Å²) < 4.78 is 0. The van der Waals surface area contributed by atoms with Crippen molar-refractivity contribution in [3.05, 3.63) is 70.0 Å². The van der Waals surface area contributed by atoms with E-state index in [9.17, 15) is 4.79 Å². The highest BCUT2D eigenvalue weighted by atomic mass is 35.5. The number of halogens is 2. The molecule has 0 bridgehead atoms. The number of nitrogens with one attached hydrogen (secondary N) is 2. The van der Waals surface area contributed by atoms with Crippen LogP contribution in [0.3, 0.4) is 0 Å². The number of aromatic amines is 1. The molecule has 2 N–H and O–H groups in total. The summed E-state index contributed by atoms with van der Waals surface area (Å²) in [5, 5.41) is 3.85. The van der Waals surface area contributed by atoms with Crippen molar-refractivity contribution in [2.75, 3.05) is 0 Å². The van der Waals surface area contributed by atoms with Gasteiger partial charge in [-0.05, 0) is 37.3 Å². The molecule has 1 heterocycles. The highest BCUT2D eigenvalue weighted by Gasteiger charge is 2.12. The Kier molecular flexibility index (Phi) is 4.88. The van der Waals surface area contributed by atoms with Gasteiger partial charge < -0.3 is 10.3 Å². The molecule has 0 fully saturated rings. The van der Waals surface area contributed by atoms with E-state index in [1.165, 1.54) is 6.08 Å². The number of benzene rings is 2. The molecule has 0 radical (unpaired) electrons. The zero-order valence-corrected chi connectivity index (χ0v) is 14.4. The molecule has 0 spiro atoms. The molecule has 1 atom stereocenters. The molecule has 0 saturated carbocycles. The van der Waals surface area contributed by atoms with E-state index in [1.54, 1.807) is 24.3 Å². The number of carbonyl (C=O) groups is 1. The summed E-state index contributed by atoms with van der Waals surface area (Å²) in [7, 11) is 0. The minimum atomic E-state index is -0.253. The molecule has 2 aromatic carbocycles. The van der Waals surface area contributed by atoms with Crippen LogP contribution in [0.4, 0.5) is 0 Å². The van der Waals surface area contributed by atoms with Crippen LogP contribution >= 0.6 is 23.2 Å². The highest BCUT2D eigenvalue weighted by molar-refractivity contribution is 6.37. The smallest absolute Gasteiger partial charge is 0.244 e. The second kappa shape index (κ2) is 7.07. The Labute approximate surface area is 149 Å². The van der Waals surface area contributed by atoms with Crippen molar-refractivity contribution < 1.29 is 4.79 Å². The van der Waals surface area contributed by atoms with Crippen molar-refractivity contribution in [3.8, 4) is 0 Å². The zero-order chi connectivity index (χ0) is 17.1. The molecule has 122 valence electrons. The standard InChI is InChI=1S/C18H15Cl2N3O/c1-11(18-22-15-7-2-3-8-16(15)23-18)21-17(24)10-9-12-13(19)5-4-6-14(12)20/h2-11H,1H3,(H,21,24)(H,22,23)/b10-9+. The van der Waals surface area contributed by atoms with E-state index in [-0.39, 0.29) is 11.9 Å². The van der Waals surface area contributed by atoms with Crippen molar-refractivity contribution in [3.63, 3.8) is 0 Å². The lowest BCUT2D eigenvalue weighted by molar-refractivity contribution is -0.117. The van der Waals surface area contributed by atoms with E-state index in [2.05, 4.69) is 15.3 Å². The Morgan fingerprint density at radius 1 is 1.17 bits per heavy atom. The van der Waals surface area contributed by atoms with E-state index in [0.717, 1.165) is 11.0 Å². The Hall–Kier alpha value is -2.30. The summed E-state index contributed by atoms with van der Waals surface area (Å²) in [5.74, 6) is 0.452. The maximum absolute atomic E-state index is 12.1. The first kappa shape index (κ1) is 16.6. The van der Waals surface area contributed by atoms with E-state index >= 15 is 0 Å². The zero-order valence-electron chi connectivity index (χ0n) is 12.9. The van der Waals surface area contributed by atoms with E-state index in [0.29, 0.717) is 21.4 Å². The third-order valence-electron chi connectivity index (χ3n) is 3.58. The van der Waals surface area contributed by atoms with Gasteiger partial charge in [-0.3, -0.25) is 4.79 Å². The molecule has 6 heteroatoms. The largest absolute Gasteiger partial charge is 0.343 e. The van der Waals surface area contributed by atoms with Crippen LogP contribution in [0.25, 0.3) is 17.1 Å². The number of imidazole rings is 1. The lowest BCUT2D eigenvalue weighted by Gasteiger charge is -2.09. The fourth-order valence-electron chi connectivity index (χ4n) is 2.34. The van der Waals surface area contributed by atoms with Gasteiger partial charge in [0.15, 0.2) is 0 Å². The third-order valence-corrected chi connectivity index (χ3v) is 4.24. The molecule has 4 nitrogen and oxygen atoms in total. The quantitative estimate of drug-likeness (QED) is 0.659. The fourth-order valence-corrected chi connectivity index (χ4v) is 2.86. The molecular weight excluding hydrogens is 345 g/mol. The molecular formula is C18H15Cl2N3O. The number of amides is 1. The second-order valence-electron chi connectivity index (χ2n) is 5.34. The van der Waals surface area contributed by atoms with Gasteiger partial charge in [0.2, 0.25) is 5.91 Å². The number of hydrogen-bond acceptors (Lipinski definition) is 2. The van der Waals surface area contributed by atoms with Gasteiger partial charge in [0.25, 0.3) is 0 Å². The number of fused-ring (bicyclic) bond motifs is 1. The number of para-hydroxylation sites is 2. The molecule has 24 heavy (non-hydrogen) atoms. The van der Waals surface area contributed by atoms with Crippen LogP contribution in [0.5, 0.6) is 0 Å². The molecule has 3 aromatic rings. The first-order chi connectivity index (χ1) is 11.5. The van der Waals surface area contributed by atoms with Gasteiger partial charge in [0, 0.05) is 21.7 Å². The van der Waals surface area contributed by atoms with Crippen molar-refractivity contribution in [2.45, 2.75) is 13.0 Å². The van der Waals surface area contributed by atoms with Crippen LogP contribution < -0.4 is 5.32 Å². The van der Waals surface area contributed by atoms with Gasteiger partial charge >= 0.3 is 0 Å². The monoisotopic (exact) mass is 359 g/mol. The van der Waals surface area contributed by atoms with Gasteiger partial charge in [0.05, 0.1) is 17.1 Å². The minimum absolute atomic E-state index is 0.251. The first-order valence-electron chi connectivity index (χ1n) is 7.42. The predicted octanol–water partition coefficient (Wildman–Crippen LogP) is 4.76. The van der Waals surface area contributed by atoms with Gasteiger partial charge in [0.1, 0.15) is 5.82 Å². The third kappa shape index (κ3) is 3.61. The first-order valence-corrected chi connectivity index (χ1v) is 8.17. The van der Waals surface area contributed by atoms with Crippen molar-refractivity contribution >= 4 is 46.2 Å². The Morgan fingerprint density at radius 3 is 2.58 bits per heavy atom. The summed E-state index contributed by atoms with van der Waals surface area (Å²) in [6.45, 7) is 1.87. The maximum Gasteiger partial charge on any atom is 0.244 e. The minimum Gasteiger partial charge on any atom is -0.343 e. The van der Waals surface area contributed by atoms with Crippen LogP contribution in [0.1, 0.15) is 24.4 Å². The number of rotatable bonds is 4. The van der Waals surface area contributed by atoms with Crippen molar-refractivity contribution in [1.29, 1.82) is 0 Å². The van der Waals surface area contributed by atoms with Gasteiger partial charge in [-0.2, -0.15) is 0 Å². The van der Waals surface area contributed by atoms with Crippen molar-refractivity contribution in [1.82, 2.24) is 15.3 Å². The van der Waals surface area contributed by atoms with Crippen LogP contribution in [0.2, 0.25) is 10.0 Å². The molecule has 0 aliphatic carbocycles. The van der Waals surface area contributed by atoms with E-state index in [1.807, 2.05) is 31.2 Å². The number of nitrogens with zero attached hydrogens (tertiary/aromatic N) is 1. The summed E-state index contributed by atoms with van der Waals surface area (Å²) >= 11 is 12.2. The lowest BCUT2D eigenvalue weighted by Crippen LogP contribution is -2.25. The summed E-state index contributed by atoms with van der Waals surface area (Å²) in [5.41, 5.74) is 2.42. The number of H-pyrrole nitrogens is 1. The average Bonchev–Trinajstić information content (AvgIpc) is 2.98. The molecule has 0 aliphatic heterocycles. The summed E-state index contributed by atoms with van der Waals surface area (Å²) in [6.07, 6.45) is 3.01. The molecule has 1 unspecified atom stereocenters. The number of hydrogen-bond donors (Lipinski definition) is 2. The summed E-state index contributed by atoms with van der Waals surface area (Å²) in [4.78, 5) is 19.8. The summed E-state index contributed by atoms with van der Waals surface area (Å²) in [6, 6.07) is 12.7. The predicted molar refractivity (Wildman–Crippen MR) is 98.1 cm³/mol. The SMILES string of the molecule is CC(NC(=O)/C=C/c1c(Cl)cccc1Cl)c1nc2ccccc2[nH]1. The molecule has 1 aromatic heterocycles. The Morgan fingerprint density at radius 2 is 1.88 bits per heavy atom. The van der Waals surface area contributed by atoms with Crippen LogP contribution in [0.15, 0.2) is 48.5 Å². The fraction of sp³-hybridized carbons (Fsp3) is 0.111. The van der Waals surface area contributed by atoms with E-state index in [4.69, 9.17) is 23.2 Å². The molecule has 0 aliphatic rings.